The number of benzene rings is 1. The first-order valence-electron chi connectivity index (χ1n) is 4.69. The Morgan fingerprint density at radius 1 is 1.27 bits per heavy atom. The second-order valence-corrected chi connectivity index (χ2v) is 3.51. The minimum Gasteiger partial charge on any atom is -0.492 e. The van der Waals surface area contributed by atoms with Crippen molar-refractivity contribution in [1.29, 1.82) is 0 Å². The van der Waals surface area contributed by atoms with Gasteiger partial charge < -0.3 is 10.5 Å². The summed E-state index contributed by atoms with van der Waals surface area (Å²) in [6.07, 6.45) is 0. The van der Waals surface area contributed by atoms with E-state index >= 15 is 0 Å². The first kappa shape index (κ1) is 10.2. The Morgan fingerprint density at radius 2 is 2.13 bits per heavy atom. The zero-order valence-corrected chi connectivity index (χ0v) is 8.87. The van der Waals surface area contributed by atoms with Gasteiger partial charge in [0.1, 0.15) is 17.5 Å². The fourth-order valence-corrected chi connectivity index (χ4v) is 1.50. The van der Waals surface area contributed by atoms with Gasteiger partial charge in [-0.1, -0.05) is 11.6 Å². The normalized spacial score (nSPS) is 10.5. The van der Waals surface area contributed by atoms with Gasteiger partial charge in [-0.05, 0) is 30.3 Å². The Labute approximate surface area is 92.8 Å². The van der Waals surface area contributed by atoms with Crippen LogP contribution in [0.5, 0.6) is 5.75 Å². The lowest BCUT2D eigenvalue weighted by Crippen LogP contribution is -2.10. The van der Waals surface area contributed by atoms with Gasteiger partial charge in [-0.25, -0.2) is 4.98 Å². The van der Waals surface area contributed by atoms with Crippen LogP contribution in [0.15, 0.2) is 30.3 Å². The molecule has 2 aromatic rings. The summed E-state index contributed by atoms with van der Waals surface area (Å²) < 4.78 is 5.41. The predicted octanol–water partition coefficient (Wildman–Crippen LogP) is 2.23. The van der Waals surface area contributed by atoms with Crippen LogP contribution in [-0.2, 0) is 0 Å². The lowest BCUT2D eigenvalue weighted by molar-refractivity contribution is 0.329. The summed E-state index contributed by atoms with van der Waals surface area (Å²) in [7, 11) is 0. The second kappa shape index (κ2) is 4.47. The van der Waals surface area contributed by atoms with E-state index in [1.54, 1.807) is 6.07 Å². The SMILES string of the molecule is NCCOc1ccc2nc(Cl)ccc2c1. The molecular formula is C11H11ClN2O. The molecular weight excluding hydrogens is 212 g/mol. The summed E-state index contributed by atoms with van der Waals surface area (Å²) in [4.78, 5) is 4.18. The van der Waals surface area contributed by atoms with Crippen molar-refractivity contribution in [1.82, 2.24) is 4.98 Å². The maximum Gasteiger partial charge on any atom is 0.129 e. The average Bonchev–Trinajstić information content (AvgIpc) is 2.26. The summed E-state index contributed by atoms with van der Waals surface area (Å²) in [5.41, 5.74) is 6.22. The van der Waals surface area contributed by atoms with E-state index in [0.29, 0.717) is 18.3 Å². The Bertz CT molecular complexity index is 473. The van der Waals surface area contributed by atoms with E-state index in [2.05, 4.69) is 4.98 Å². The molecule has 1 aromatic heterocycles. The fraction of sp³-hybridized carbons (Fsp3) is 0.182. The third-order valence-electron chi connectivity index (χ3n) is 2.01. The third kappa shape index (κ3) is 2.37. The van der Waals surface area contributed by atoms with Crippen LogP contribution in [0.2, 0.25) is 5.15 Å². The van der Waals surface area contributed by atoms with Crippen molar-refractivity contribution in [3.8, 4) is 5.75 Å². The van der Waals surface area contributed by atoms with Gasteiger partial charge in [0.2, 0.25) is 0 Å². The Kier molecular flexibility index (Phi) is 3.04. The molecule has 0 aliphatic rings. The lowest BCUT2D eigenvalue weighted by atomic mass is 10.2. The van der Waals surface area contributed by atoms with Crippen LogP contribution in [0.1, 0.15) is 0 Å². The Balaban J connectivity index is 2.34. The average molecular weight is 223 g/mol. The van der Waals surface area contributed by atoms with Crippen molar-refractivity contribution < 1.29 is 4.74 Å². The second-order valence-electron chi connectivity index (χ2n) is 3.13. The summed E-state index contributed by atoms with van der Waals surface area (Å²) in [5.74, 6) is 0.803. The highest BCUT2D eigenvalue weighted by Crippen LogP contribution is 2.20. The Hall–Kier alpha value is -1.32. The molecule has 4 heteroatoms. The molecule has 3 nitrogen and oxygen atoms in total. The van der Waals surface area contributed by atoms with Crippen LogP contribution in [-0.4, -0.2) is 18.1 Å². The molecule has 0 saturated heterocycles. The van der Waals surface area contributed by atoms with E-state index in [1.807, 2.05) is 24.3 Å². The van der Waals surface area contributed by atoms with Crippen molar-refractivity contribution in [3.05, 3.63) is 35.5 Å². The zero-order valence-electron chi connectivity index (χ0n) is 8.11. The molecule has 2 N–H and O–H groups in total. The van der Waals surface area contributed by atoms with E-state index in [4.69, 9.17) is 22.1 Å². The van der Waals surface area contributed by atoms with Gasteiger partial charge in [0, 0.05) is 11.9 Å². The van der Waals surface area contributed by atoms with Crippen LogP contribution < -0.4 is 10.5 Å². The first-order valence-corrected chi connectivity index (χ1v) is 5.06. The van der Waals surface area contributed by atoms with Gasteiger partial charge in [0.05, 0.1) is 5.52 Å². The standard InChI is InChI=1S/C11H11ClN2O/c12-11-4-1-8-7-9(15-6-5-13)2-3-10(8)14-11/h1-4,7H,5-6,13H2. The Morgan fingerprint density at radius 3 is 2.93 bits per heavy atom. The van der Waals surface area contributed by atoms with Crippen molar-refractivity contribution in [2.45, 2.75) is 0 Å². The van der Waals surface area contributed by atoms with Crippen LogP contribution in [0.4, 0.5) is 0 Å². The van der Waals surface area contributed by atoms with Gasteiger partial charge in [-0.2, -0.15) is 0 Å². The van der Waals surface area contributed by atoms with E-state index in [0.717, 1.165) is 16.7 Å². The summed E-state index contributed by atoms with van der Waals surface area (Å²) in [5, 5.41) is 1.51. The molecule has 0 amide bonds. The number of aromatic nitrogens is 1. The third-order valence-corrected chi connectivity index (χ3v) is 2.22. The van der Waals surface area contributed by atoms with Gasteiger partial charge in [0.15, 0.2) is 0 Å². The van der Waals surface area contributed by atoms with Crippen molar-refractivity contribution >= 4 is 22.5 Å². The van der Waals surface area contributed by atoms with Gasteiger partial charge >= 0.3 is 0 Å². The molecule has 1 aromatic carbocycles. The molecule has 0 atom stereocenters. The highest BCUT2D eigenvalue weighted by atomic mass is 35.5. The smallest absolute Gasteiger partial charge is 0.129 e. The minimum absolute atomic E-state index is 0.498. The molecule has 0 fully saturated rings. The molecule has 0 aliphatic heterocycles. The number of rotatable bonds is 3. The molecule has 0 radical (unpaired) electrons. The van der Waals surface area contributed by atoms with Gasteiger partial charge in [-0.15, -0.1) is 0 Å². The van der Waals surface area contributed by atoms with E-state index in [1.165, 1.54) is 0 Å². The number of hydrogen-bond donors (Lipinski definition) is 1. The number of hydrogen-bond acceptors (Lipinski definition) is 3. The largest absolute Gasteiger partial charge is 0.492 e. The molecule has 0 aliphatic carbocycles. The molecule has 0 bridgehead atoms. The molecule has 0 spiro atoms. The van der Waals surface area contributed by atoms with Crippen molar-refractivity contribution in [3.63, 3.8) is 0 Å². The van der Waals surface area contributed by atoms with Crippen LogP contribution in [0, 0.1) is 0 Å². The summed E-state index contributed by atoms with van der Waals surface area (Å²) >= 11 is 5.78. The number of halogens is 1. The van der Waals surface area contributed by atoms with E-state index < -0.39 is 0 Å². The molecule has 2 rings (SSSR count). The van der Waals surface area contributed by atoms with Gasteiger partial charge in [-0.3, -0.25) is 0 Å². The summed E-state index contributed by atoms with van der Waals surface area (Å²) in [6, 6.07) is 9.35. The number of ether oxygens (including phenoxy) is 1. The number of nitrogens with two attached hydrogens (primary N) is 1. The molecule has 1 heterocycles. The number of nitrogens with zero attached hydrogens (tertiary/aromatic N) is 1. The van der Waals surface area contributed by atoms with Crippen LogP contribution in [0.25, 0.3) is 10.9 Å². The number of pyridine rings is 1. The van der Waals surface area contributed by atoms with Crippen molar-refractivity contribution in [2.75, 3.05) is 13.2 Å². The predicted molar refractivity (Wildman–Crippen MR) is 61.3 cm³/mol. The molecule has 15 heavy (non-hydrogen) atoms. The quantitative estimate of drug-likeness (QED) is 0.811. The number of fused-ring (bicyclic) bond motifs is 1. The monoisotopic (exact) mass is 222 g/mol. The van der Waals surface area contributed by atoms with Crippen LogP contribution in [0.3, 0.4) is 0 Å². The first-order chi connectivity index (χ1) is 7.29. The molecule has 0 unspecified atom stereocenters. The highest BCUT2D eigenvalue weighted by molar-refractivity contribution is 6.29. The molecule has 0 saturated carbocycles. The highest BCUT2D eigenvalue weighted by Gasteiger charge is 1.99. The fourth-order valence-electron chi connectivity index (χ4n) is 1.35. The lowest BCUT2D eigenvalue weighted by Gasteiger charge is -2.05. The zero-order chi connectivity index (χ0) is 10.7. The maximum atomic E-state index is 5.78. The van der Waals surface area contributed by atoms with Crippen LogP contribution >= 0.6 is 11.6 Å². The minimum atomic E-state index is 0.498. The van der Waals surface area contributed by atoms with Crippen molar-refractivity contribution in [2.24, 2.45) is 5.73 Å². The summed E-state index contributed by atoms with van der Waals surface area (Å²) in [6.45, 7) is 1.03. The topological polar surface area (TPSA) is 48.1 Å². The van der Waals surface area contributed by atoms with Gasteiger partial charge in [0.25, 0.3) is 0 Å². The maximum absolute atomic E-state index is 5.78. The van der Waals surface area contributed by atoms with E-state index in [-0.39, 0.29) is 0 Å². The molecule has 78 valence electrons. The van der Waals surface area contributed by atoms with E-state index in [9.17, 15) is 0 Å².